The van der Waals surface area contributed by atoms with Crippen LogP contribution >= 0.6 is 11.6 Å². The van der Waals surface area contributed by atoms with E-state index < -0.39 is 5.41 Å². The van der Waals surface area contributed by atoms with Crippen LogP contribution in [0.1, 0.15) is 43.2 Å². The molecule has 0 aromatic heterocycles. The van der Waals surface area contributed by atoms with Gasteiger partial charge in [0, 0.05) is 17.1 Å². The molecule has 1 aliphatic carbocycles. The van der Waals surface area contributed by atoms with Crippen LogP contribution in [0.25, 0.3) is 0 Å². The van der Waals surface area contributed by atoms with E-state index in [0.29, 0.717) is 36.4 Å². The molecule has 1 aliphatic rings. The Morgan fingerprint density at radius 2 is 1.84 bits per heavy atom. The van der Waals surface area contributed by atoms with Crippen LogP contribution in [-0.2, 0) is 16.6 Å². The van der Waals surface area contributed by atoms with Gasteiger partial charge in [-0.05, 0) is 43.0 Å². The molecular formula is C21H23ClFNO. The van der Waals surface area contributed by atoms with E-state index in [2.05, 4.69) is 5.32 Å². The van der Waals surface area contributed by atoms with Crippen molar-refractivity contribution < 1.29 is 9.18 Å². The van der Waals surface area contributed by atoms with Crippen molar-refractivity contribution in [1.82, 2.24) is 5.32 Å². The number of carbonyl (C=O) groups is 1. The highest BCUT2D eigenvalue weighted by molar-refractivity contribution is 6.30. The molecule has 0 unspecified atom stereocenters. The van der Waals surface area contributed by atoms with Gasteiger partial charge in [-0.3, -0.25) is 4.79 Å². The van der Waals surface area contributed by atoms with Crippen molar-refractivity contribution in [3.63, 3.8) is 0 Å². The second-order valence-corrected chi connectivity index (χ2v) is 7.19. The zero-order chi connectivity index (χ0) is 17.7. The van der Waals surface area contributed by atoms with Crippen molar-refractivity contribution in [2.45, 2.75) is 43.9 Å². The molecule has 25 heavy (non-hydrogen) atoms. The predicted octanol–water partition coefficient (Wildman–Crippen LogP) is 5.04. The second kappa shape index (κ2) is 8.01. The maximum Gasteiger partial charge on any atom is 0.230 e. The third-order valence-corrected chi connectivity index (χ3v) is 5.35. The van der Waals surface area contributed by atoms with E-state index in [4.69, 9.17) is 11.6 Å². The van der Waals surface area contributed by atoms with Gasteiger partial charge in [0.15, 0.2) is 0 Å². The molecule has 0 saturated heterocycles. The molecule has 2 aromatic carbocycles. The summed E-state index contributed by atoms with van der Waals surface area (Å²) in [4.78, 5) is 13.0. The number of amides is 1. The molecule has 0 radical (unpaired) electrons. The van der Waals surface area contributed by atoms with Crippen LogP contribution < -0.4 is 5.32 Å². The van der Waals surface area contributed by atoms with Crippen molar-refractivity contribution in [2.75, 3.05) is 6.54 Å². The van der Waals surface area contributed by atoms with Crippen LogP contribution in [0.5, 0.6) is 0 Å². The maximum absolute atomic E-state index is 14.4. The topological polar surface area (TPSA) is 29.1 Å². The van der Waals surface area contributed by atoms with Crippen LogP contribution in [-0.4, -0.2) is 12.5 Å². The van der Waals surface area contributed by atoms with Crippen molar-refractivity contribution in [3.05, 3.63) is 70.5 Å². The molecule has 0 bridgehead atoms. The molecule has 0 aliphatic heterocycles. The summed E-state index contributed by atoms with van der Waals surface area (Å²) in [5.41, 5.74) is 0.879. The molecule has 4 heteroatoms. The fourth-order valence-corrected chi connectivity index (χ4v) is 4.02. The molecule has 0 heterocycles. The SMILES string of the molecule is O=C(NCCc1cccc(Cl)c1)C1(c2ccccc2F)CCCCC1. The van der Waals surface area contributed by atoms with Gasteiger partial charge in [-0.15, -0.1) is 0 Å². The molecule has 1 fully saturated rings. The average molecular weight is 360 g/mol. The van der Waals surface area contributed by atoms with E-state index in [1.165, 1.54) is 6.07 Å². The lowest BCUT2D eigenvalue weighted by atomic mass is 9.68. The van der Waals surface area contributed by atoms with E-state index in [0.717, 1.165) is 24.8 Å². The minimum Gasteiger partial charge on any atom is -0.355 e. The van der Waals surface area contributed by atoms with E-state index in [1.54, 1.807) is 12.1 Å². The van der Waals surface area contributed by atoms with Gasteiger partial charge in [0.05, 0.1) is 5.41 Å². The Morgan fingerprint density at radius 1 is 1.08 bits per heavy atom. The molecule has 2 nitrogen and oxygen atoms in total. The lowest BCUT2D eigenvalue weighted by molar-refractivity contribution is -0.128. The number of rotatable bonds is 5. The van der Waals surface area contributed by atoms with Crippen molar-refractivity contribution >= 4 is 17.5 Å². The molecule has 3 rings (SSSR count). The van der Waals surface area contributed by atoms with Crippen LogP contribution in [0.2, 0.25) is 5.02 Å². The van der Waals surface area contributed by atoms with Crippen LogP contribution in [0.3, 0.4) is 0 Å². The molecule has 2 aromatic rings. The van der Waals surface area contributed by atoms with Gasteiger partial charge in [0.25, 0.3) is 0 Å². The van der Waals surface area contributed by atoms with Crippen molar-refractivity contribution in [1.29, 1.82) is 0 Å². The first-order chi connectivity index (χ1) is 12.1. The normalized spacial score (nSPS) is 16.4. The van der Waals surface area contributed by atoms with E-state index in [9.17, 15) is 9.18 Å². The molecule has 132 valence electrons. The molecular weight excluding hydrogens is 337 g/mol. The number of halogens is 2. The Balaban J connectivity index is 1.73. The van der Waals surface area contributed by atoms with Gasteiger partial charge in [-0.1, -0.05) is 61.2 Å². The van der Waals surface area contributed by atoms with Gasteiger partial charge in [0.1, 0.15) is 5.82 Å². The van der Waals surface area contributed by atoms with Crippen molar-refractivity contribution in [2.24, 2.45) is 0 Å². The average Bonchev–Trinajstić information content (AvgIpc) is 2.62. The minimum absolute atomic E-state index is 0.0562. The lowest BCUT2D eigenvalue weighted by Gasteiger charge is -2.36. The Morgan fingerprint density at radius 3 is 2.56 bits per heavy atom. The van der Waals surface area contributed by atoms with Crippen molar-refractivity contribution in [3.8, 4) is 0 Å². The van der Waals surface area contributed by atoms with Gasteiger partial charge in [-0.25, -0.2) is 4.39 Å². The molecule has 1 saturated carbocycles. The Kier molecular flexibility index (Phi) is 5.74. The maximum atomic E-state index is 14.4. The highest BCUT2D eigenvalue weighted by Gasteiger charge is 2.42. The molecule has 0 spiro atoms. The number of benzene rings is 2. The first kappa shape index (κ1) is 17.9. The lowest BCUT2D eigenvalue weighted by Crippen LogP contribution is -2.46. The number of hydrogen-bond donors (Lipinski definition) is 1. The largest absolute Gasteiger partial charge is 0.355 e. The summed E-state index contributed by atoms with van der Waals surface area (Å²) in [6, 6.07) is 14.3. The number of carbonyl (C=O) groups excluding carboxylic acids is 1. The Hall–Kier alpha value is -1.87. The quantitative estimate of drug-likeness (QED) is 0.796. The summed E-state index contributed by atoms with van der Waals surface area (Å²) in [7, 11) is 0. The molecule has 0 atom stereocenters. The Bertz CT molecular complexity index is 740. The van der Waals surface area contributed by atoms with E-state index in [1.807, 2.05) is 30.3 Å². The third kappa shape index (κ3) is 4.04. The summed E-state index contributed by atoms with van der Waals surface area (Å²) >= 11 is 6.00. The van der Waals surface area contributed by atoms with Gasteiger partial charge >= 0.3 is 0 Å². The predicted molar refractivity (Wildman–Crippen MR) is 99.3 cm³/mol. The smallest absolute Gasteiger partial charge is 0.230 e. The monoisotopic (exact) mass is 359 g/mol. The number of nitrogens with one attached hydrogen (secondary N) is 1. The summed E-state index contributed by atoms with van der Waals surface area (Å²) in [5.74, 6) is -0.339. The highest BCUT2D eigenvalue weighted by atomic mass is 35.5. The number of hydrogen-bond acceptors (Lipinski definition) is 1. The minimum atomic E-state index is -0.738. The summed E-state index contributed by atoms with van der Waals surface area (Å²) in [6.07, 6.45) is 5.13. The van der Waals surface area contributed by atoms with E-state index in [-0.39, 0.29) is 11.7 Å². The van der Waals surface area contributed by atoms with Gasteiger partial charge in [-0.2, -0.15) is 0 Å². The second-order valence-electron chi connectivity index (χ2n) is 6.76. The van der Waals surface area contributed by atoms with Crippen LogP contribution in [0.15, 0.2) is 48.5 Å². The summed E-state index contributed by atoms with van der Waals surface area (Å²) in [6.45, 7) is 0.523. The summed E-state index contributed by atoms with van der Waals surface area (Å²) < 4.78 is 14.4. The zero-order valence-corrected chi connectivity index (χ0v) is 15.0. The fourth-order valence-electron chi connectivity index (χ4n) is 3.81. The highest BCUT2D eigenvalue weighted by Crippen LogP contribution is 2.40. The van der Waals surface area contributed by atoms with Gasteiger partial charge < -0.3 is 5.32 Å². The molecule has 1 amide bonds. The van der Waals surface area contributed by atoms with Crippen LogP contribution in [0, 0.1) is 5.82 Å². The zero-order valence-electron chi connectivity index (χ0n) is 14.2. The fraction of sp³-hybridized carbons (Fsp3) is 0.381. The van der Waals surface area contributed by atoms with E-state index >= 15 is 0 Å². The summed E-state index contributed by atoms with van der Waals surface area (Å²) in [5, 5.41) is 3.73. The standard InChI is InChI=1S/C21H23ClFNO/c22-17-8-6-7-16(15-17)11-14-24-20(25)21(12-4-1-5-13-21)18-9-2-3-10-19(18)23/h2-3,6-10,15H,1,4-5,11-14H2,(H,24,25). The first-order valence-corrected chi connectivity index (χ1v) is 9.27. The molecule has 1 N–H and O–H groups in total. The van der Waals surface area contributed by atoms with Gasteiger partial charge in [0.2, 0.25) is 5.91 Å². The first-order valence-electron chi connectivity index (χ1n) is 8.90. The Labute approximate surface area is 153 Å². The van der Waals surface area contributed by atoms with Crippen LogP contribution in [0.4, 0.5) is 4.39 Å². The third-order valence-electron chi connectivity index (χ3n) is 5.12.